The number of carbonyl (C=O) groups excluding carboxylic acids is 1. The molecule has 186 valence electrons. The molecule has 1 aromatic carbocycles. The summed E-state index contributed by atoms with van der Waals surface area (Å²) >= 11 is 0. The van der Waals surface area contributed by atoms with Gasteiger partial charge in [0.15, 0.2) is 5.96 Å². The quantitative estimate of drug-likeness (QED) is 0.268. The zero-order chi connectivity index (χ0) is 25.7. The fraction of sp³-hybridized carbons (Fsp3) is 0.571. The van der Waals surface area contributed by atoms with Gasteiger partial charge in [0.25, 0.3) is 10.0 Å². The number of amides is 1. The summed E-state index contributed by atoms with van der Waals surface area (Å²) in [6.45, 7) is 9.62. The predicted molar refractivity (Wildman–Crippen MR) is 124 cm³/mol. The van der Waals surface area contributed by atoms with Gasteiger partial charge in [-0.2, -0.15) is 4.31 Å². The molecule has 0 saturated heterocycles. The molecule has 12 heteroatoms. The molecule has 1 rings (SSSR count). The first kappa shape index (κ1) is 28.0. The van der Waals surface area contributed by atoms with Crippen molar-refractivity contribution in [2.45, 2.75) is 70.9 Å². The van der Waals surface area contributed by atoms with Crippen LogP contribution in [-0.4, -0.2) is 61.1 Å². The van der Waals surface area contributed by atoms with E-state index >= 15 is 0 Å². The molecule has 0 aliphatic heterocycles. The molecule has 0 aliphatic rings. The first-order valence-corrected chi connectivity index (χ1v) is 11.7. The molecule has 1 atom stereocenters. The molecule has 0 aliphatic carbocycles. The number of nitrogens with zero attached hydrogens (tertiary/aromatic N) is 2. The van der Waals surface area contributed by atoms with E-state index in [1.165, 1.54) is 13.2 Å². The van der Waals surface area contributed by atoms with Crippen LogP contribution < -0.4 is 16.2 Å². The van der Waals surface area contributed by atoms with E-state index in [2.05, 4.69) is 4.99 Å². The minimum Gasteiger partial charge on any atom is -0.496 e. The third-order valence-electron chi connectivity index (χ3n) is 4.79. The second-order valence-electron chi connectivity index (χ2n) is 8.56. The molecule has 0 bridgehead atoms. The zero-order valence-electron chi connectivity index (χ0n) is 20.1. The van der Waals surface area contributed by atoms with Gasteiger partial charge in [-0.3, -0.25) is 4.99 Å². The lowest BCUT2D eigenvalue weighted by atomic mass is 10.1. The Labute approximate surface area is 194 Å². The Kier molecular flexibility index (Phi) is 9.11. The average Bonchev–Trinajstić information content (AvgIpc) is 2.65. The molecule has 1 aromatic rings. The van der Waals surface area contributed by atoms with E-state index in [0.29, 0.717) is 26.7 Å². The Balaban J connectivity index is 3.66. The molecule has 33 heavy (non-hydrogen) atoms. The van der Waals surface area contributed by atoms with Crippen LogP contribution in [0.3, 0.4) is 0 Å². The van der Waals surface area contributed by atoms with Crippen molar-refractivity contribution in [3.63, 3.8) is 0 Å². The number of guanidine groups is 1. The Hall–Kier alpha value is -3.02. The number of carbonyl (C=O) groups is 2. The lowest BCUT2D eigenvalue weighted by Crippen LogP contribution is -2.50. The number of hydrogen-bond donors (Lipinski definition) is 3. The van der Waals surface area contributed by atoms with Gasteiger partial charge >= 0.3 is 12.1 Å². The fourth-order valence-electron chi connectivity index (χ4n) is 3.24. The lowest BCUT2D eigenvalue weighted by molar-refractivity contribution is -0.141. The largest absolute Gasteiger partial charge is 0.496 e. The number of aryl methyl sites for hydroxylation is 1. The topological polar surface area (TPSA) is 175 Å². The molecule has 0 fully saturated rings. The summed E-state index contributed by atoms with van der Waals surface area (Å²) < 4.78 is 38.4. The fourth-order valence-corrected chi connectivity index (χ4v) is 5.08. The maximum atomic E-state index is 13.7. The number of carboxylic acids is 1. The molecule has 1 amide bonds. The van der Waals surface area contributed by atoms with E-state index in [1.807, 2.05) is 0 Å². The third kappa shape index (κ3) is 6.98. The SMILES string of the molecule is COc1c(C)cc(S(=O)(=O)N(C(=O)OC(C)(C)C)[C@H](CCCN=C(N)N)C(=O)O)c(C)c1C. The number of hydrogen-bond acceptors (Lipinski definition) is 7. The highest BCUT2D eigenvalue weighted by Gasteiger charge is 2.43. The zero-order valence-corrected chi connectivity index (χ0v) is 20.9. The van der Waals surface area contributed by atoms with Crippen LogP contribution in [0.25, 0.3) is 0 Å². The Morgan fingerprint density at radius 2 is 1.76 bits per heavy atom. The first-order chi connectivity index (χ1) is 15.0. The molecular formula is C21H34N4O7S. The van der Waals surface area contributed by atoms with Crippen molar-refractivity contribution in [1.82, 2.24) is 4.31 Å². The highest BCUT2D eigenvalue weighted by molar-refractivity contribution is 7.89. The van der Waals surface area contributed by atoms with Crippen LogP contribution in [-0.2, 0) is 19.6 Å². The van der Waals surface area contributed by atoms with Crippen molar-refractivity contribution in [1.29, 1.82) is 0 Å². The van der Waals surface area contributed by atoms with E-state index in [4.69, 9.17) is 20.9 Å². The summed E-state index contributed by atoms with van der Waals surface area (Å²) in [5, 5.41) is 9.85. The Morgan fingerprint density at radius 3 is 2.21 bits per heavy atom. The normalized spacial score (nSPS) is 12.6. The van der Waals surface area contributed by atoms with E-state index in [1.54, 1.807) is 41.5 Å². The maximum Gasteiger partial charge on any atom is 0.425 e. The number of carboxylic acid groups (broad SMARTS) is 1. The van der Waals surface area contributed by atoms with Crippen LogP contribution >= 0.6 is 0 Å². The Morgan fingerprint density at radius 1 is 1.18 bits per heavy atom. The summed E-state index contributed by atoms with van der Waals surface area (Å²) in [6, 6.07) is -0.382. The molecule has 0 unspecified atom stereocenters. The standard InChI is InChI=1S/C21H34N4O7S/c1-12-11-16(13(2)14(3)17(12)31-7)33(29,30)25(20(28)32-21(4,5)6)15(18(26)27)9-8-10-24-19(22)23/h11,15H,8-10H2,1-7H3,(H,26,27)(H4,22,23,24)/t15-/m1/s1. The van der Waals surface area contributed by atoms with Crippen molar-refractivity contribution >= 4 is 28.0 Å². The van der Waals surface area contributed by atoms with Crippen molar-refractivity contribution in [2.24, 2.45) is 16.5 Å². The van der Waals surface area contributed by atoms with E-state index in [9.17, 15) is 23.1 Å². The van der Waals surface area contributed by atoms with Gasteiger partial charge < -0.3 is 26.0 Å². The van der Waals surface area contributed by atoms with Crippen molar-refractivity contribution < 1.29 is 32.6 Å². The van der Waals surface area contributed by atoms with Gasteiger partial charge in [-0.25, -0.2) is 18.0 Å². The molecule has 0 saturated carbocycles. The summed E-state index contributed by atoms with van der Waals surface area (Å²) in [5.41, 5.74) is 10.9. The monoisotopic (exact) mass is 486 g/mol. The molecular weight excluding hydrogens is 452 g/mol. The number of methoxy groups -OCH3 is 1. The Bertz CT molecular complexity index is 1030. The van der Waals surface area contributed by atoms with Crippen LogP contribution in [0.15, 0.2) is 16.0 Å². The van der Waals surface area contributed by atoms with Gasteiger partial charge in [-0.1, -0.05) is 0 Å². The minimum absolute atomic E-state index is 0.0636. The summed E-state index contributed by atoms with van der Waals surface area (Å²) in [4.78, 5) is 28.7. The number of sulfonamides is 1. The number of nitrogens with two attached hydrogens (primary N) is 2. The second-order valence-corrected chi connectivity index (χ2v) is 10.3. The number of ether oxygens (including phenoxy) is 2. The lowest BCUT2D eigenvalue weighted by Gasteiger charge is -2.31. The van der Waals surface area contributed by atoms with Crippen LogP contribution in [0.4, 0.5) is 4.79 Å². The van der Waals surface area contributed by atoms with Gasteiger partial charge in [-0.15, -0.1) is 0 Å². The van der Waals surface area contributed by atoms with E-state index in [0.717, 1.165) is 0 Å². The molecule has 5 N–H and O–H groups in total. The minimum atomic E-state index is -4.63. The van der Waals surface area contributed by atoms with Gasteiger partial charge in [0.2, 0.25) is 0 Å². The van der Waals surface area contributed by atoms with E-state index < -0.39 is 33.7 Å². The molecule has 11 nitrogen and oxygen atoms in total. The number of aliphatic carboxylic acids is 1. The van der Waals surface area contributed by atoms with Crippen LogP contribution in [0.1, 0.15) is 50.3 Å². The highest BCUT2D eigenvalue weighted by Crippen LogP contribution is 2.34. The molecule has 0 aromatic heterocycles. The molecule has 0 heterocycles. The first-order valence-electron chi connectivity index (χ1n) is 10.2. The summed E-state index contributed by atoms with van der Waals surface area (Å²) in [6.07, 6.45) is -1.40. The number of benzene rings is 1. The van der Waals surface area contributed by atoms with Gasteiger partial charge in [0.1, 0.15) is 17.4 Å². The summed E-state index contributed by atoms with van der Waals surface area (Å²) in [7, 11) is -3.17. The molecule has 0 spiro atoms. The smallest absolute Gasteiger partial charge is 0.425 e. The van der Waals surface area contributed by atoms with E-state index in [-0.39, 0.29) is 30.2 Å². The van der Waals surface area contributed by atoms with Crippen molar-refractivity contribution in [3.05, 3.63) is 22.8 Å². The van der Waals surface area contributed by atoms with Crippen LogP contribution in [0.2, 0.25) is 0 Å². The van der Waals surface area contributed by atoms with Gasteiger partial charge in [0, 0.05) is 6.54 Å². The number of rotatable bonds is 9. The molecule has 0 radical (unpaired) electrons. The predicted octanol–water partition coefficient (Wildman–Crippen LogP) is 2.05. The maximum absolute atomic E-state index is 13.7. The van der Waals surface area contributed by atoms with Crippen LogP contribution in [0, 0.1) is 20.8 Å². The van der Waals surface area contributed by atoms with Gasteiger partial charge in [0.05, 0.1) is 12.0 Å². The van der Waals surface area contributed by atoms with Crippen molar-refractivity contribution in [2.75, 3.05) is 13.7 Å². The van der Waals surface area contributed by atoms with Gasteiger partial charge in [-0.05, 0) is 77.1 Å². The average molecular weight is 487 g/mol. The third-order valence-corrected chi connectivity index (χ3v) is 6.69. The highest BCUT2D eigenvalue weighted by atomic mass is 32.2. The van der Waals surface area contributed by atoms with Crippen molar-refractivity contribution in [3.8, 4) is 5.75 Å². The summed E-state index contributed by atoms with van der Waals surface area (Å²) in [5.74, 6) is -1.19. The number of aliphatic imine (C=N–C) groups is 1. The second kappa shape index (κ2) is 10.7. The van der Waals surface area contributed by atoms with Crippen LogP contribution in [0.5, 0.6) is 5.75 Å².